The van der Waals surface area contributed by atoms with Gasteiger partial charge in [-0.1, -0.05) is 24.8 Å². The lowest BCUT2D eigenvalue weighted by molar-refractivity contribution is -0.112. The van der Waals surface area contributed by atoms with Gasteiger partial charge in [-0.15, -0.1) is 0 Å². The predicted molar refractivity (Wildman–Crippen MR) is 61.6 cm³/mol. The summed E-state index contributed by atoms with van der Waals surface area (Å²) in [6, 6.07) is 8.91. The molecule has 0 radical (unpaired) electrons. The van der Waals surface area contributed by atoms with Crippen LogP contribution in [0.3, 0.4) is 0 Å². The van der Waals surface area contributed by atoms with Crippen molar-refractivity contribution in [3.8, 4) is 5.88 Å². The highest BCUT2D eigenvalue weighted by Gasteiger charge is 2.12. The molecule has 1 aromatic heterocycles. The number of benzene rings is 1. The van der Waals surface area contributed by atoms with E-state index >= 15 is 0 Å². The van der Waals surface area contributed by atoms with E-state index in [0.717, 1.165) is 5.39 Å². The molecule has 0 saturated carbocycles. The van der Waals surface area contributed by atoms with E-state index in [1.807, 2.05) is 18.2 Å². The zero-order valence-electron chi connectivity index (χ0n) is 8.47. The second kappa shape index (κ2) is 3.66. The summed E-state index contributed by atoms with van der Waals surface area (Å²) in [5.41, 5.74) is 6.08. The lowest BCUT2D eigenvalue weighted by Gasteiger charge is -2.05. The fourth-order valence-corrected chi connectivity index (χ4v) is 1.46. The third-order valence-electron chi connectivity index (χ3n) is 2.33. The molecule has 2 rings (SSSR count). The molecule has 0 aliphatic rings. The molecule has 1 amide bonds. The number of para-hydroxylation sites is 1. The minimum absolute atomic E-state index is 0.0516. The zero-order chi connectivity index (χ0) is 11.7. The molecule has 0 atom stereocenters. The summed E-state index contributed by atoms with van der Waals surface area (Å²) < 4.78 is 0. The highest BCUT2D eigenvalue weighted by atomic mass is 16.3. The lowest BCUT2D eigenvalue weighted by atomic mass is 10.1. The number of aromatic nitrogens is 1. The van der Waals surface area contributed by atoms with Crippen LogP contribution in [0.15, 0.2) is 36.9 Å². The van der Waals surface area contributed by atoms with Crippen LogP contribution in [0.2, 0.25) is 0 Å². The highest BCUT2D eigenvalue weighted by molar-refractivity contribution is 6.19. The van der Waals surface area contributed by atoms with Crippen molar-refractivity contribution in [2.75, 3.05) is 0 Å². The van der Waals surface area contributed by atoms with Crippen molar-refractivity contribution in [1.29, 1.82) is 0 Å². The van der Waals surface area contributed by atoms with E-state index in [9.17, 15) is 9.90 Å². The van der Waals surface area contributed by atoms with Crippen LogP contribution < -0.4 is 5.73 Å². The normalized spacial score (nSPS) is 10.2. The number of nitrogens with two attached hydrogens (primary N) is 1. The SMILES string of the molecule is C=C(C(N)=O)c1cc2ccccc2nc1O. The van der Waals surface area contributed by atoms with Crippen molar-refractivity contribution in [1.82, 2.24) is 4.98 Å². The largest absolute Gasteiger partial charge is 0.493 e. The number of nitrogens with zero attached hydrogens (tertiary/aromatic N) is 1. The first-order valence-electron chi connectivity index (χ1n) is 4.67. The van der Waals surface area contributed by atoms with E-state index in [4.69, 9.17) is 5.73 Å². The Balaban J connectivity index is 2.67. The van der Waals surface area contributed by atoms with Crippen molar-refractivity contribution in [2.45, 2.75) is 0 Å². The molecule has 16 heavy (non-hydrogen) atoms. The standard InChI is InChI=1S/C12H10N2O2/c1-7(11(13)15)9-6-8-4-2-3-5-10(8)14-12(9)16/h2-6H,1H2,(H2,13,15)(H,14,16). The molecule has 2 aromatic rings. The van der Waals surface area contributed by atoms with Crippen LogP contribution in [0.1, 0.15) is 5.56 Å². The molecule has 0 saturated heterocycles. The van der Waals surface area contributed by atoms with Gasteiger partial charge in [-0.25, -0.2) is 4.98 Å². The van der Waals surface area contributed by atoms with Gasteiger partial charge in [0, 0.05) is 16.5 Å². The number of carbonyl (C=O) groups is 1. The topological polar surface area (TPSA) is 76.2 Å². The molecular weight excluding hydrogens is 204 g/mol. The van der Waals surface area contributed by atoms with E-state index in [0.29, 0.717) is 5.52 Å². The minimum Gasteiger partial charge on any atom is -0.493 e. The summed E-state index contributed by atoms with van der Waals surface area (Å²) in [5.74, 6) is -0.908. The summed E-state index contributed by atoms with van der Waals surface area (Å²) in [4.78, 5) is 14.9. The molecule has 4 nitrogen and oxygen atoms in total. The van der Waals surface area contributed by atoms with E-state index in [1.54, 1.807) is 12.1 Å². The van der Waals surface area contributed by atoms with Crippen LogP contribution in [-0.4, -0.2) is 16.0 Å². The van der Waals surface area contributed by atoms with Crippen LogP contribution in [-0.2, 0) is 4.79 Å². The fraction of sp³-hybridized carbons (Fsp3) is 0. The number of pyridine rings is 1. The van der Waals surface area contributed by atoms with E-state index in [-0.39, 0.29) is 17.0 Å². The molecular formula is C12H10N2O2. The van der Waals surface area contributed by atoms with Gasteiger partial charge in [-0.05, 0) is 12.1 Å². The van der Waals surface area contributed by atoms with Crippen molar-refractivity contribution in [2.24, 2.45) is 5.73 Å². The van der Waals surface area contributed by atoms with Gasteiger partial charge >= 0.3 is 0 Å². The average Bonchev–Trinajstić information content (AvgIpc) is 2.27. The van der Waals surface area contributed by atoms with Crippen LogP contribution in [0.25, 0.3) is 16.5 Å². The molecule has 80 valence electrons. The number of fused-ring (bicyclic) bond motifs is 1. The van der Waals surface area contributed by atoms with Gasteiger partial charge in [-0.2, -0.15) is 0 Å². The quantitative estimate of drug-likeness (QED) is 0.742. The number of primary amides is 1. The molecule has 0 spiro atoms. The Morgan fingerprint density at radius 1 is 1.38 bits per heavy atom. The average molecular weight is 214 g/mol. The summed E-state index contributed by atoms with van der Waals surface area (Å²) in [6.45, 7) is 3.52. The molecule has 0 unspecified atom stereocenters. The van der Waals surface area contributed by atoms with Gasteiger partial charge in [-0.3, -0.25) is 4.79 Å². The maximum absolute atomic E-state index is 11.0. The first kappa shape index (κ1) is 10.2. The monoisotopic (exact) mass is 214 g/mol. The Kier molecular flexibility index (Phi) is 2.32. The first-order valence-corrected chi connectivity index (χ1v) is 4.67. The second-order valence-electron chi connectivity index (χ2n) is 3.40. The van der Waals surface area contributed by atoms with Crippen molar-refractivity contribution in [3.05, 3.63) is 42.5 Å². The Hall–Kier alpha value is -2.36. The van der Waals surface area contributed by atoms with Crippen molar-refractivity contribution in [3.63, 3.8) is 0 Å². The molecule has 4 heteroatoms. The summed E-state index contributed by atoms with van der Waals surface area (Å²) in [6.07, 6.45) is 0. The highest BCUT2D eigenvalue weighted by Crippen LogP contribution is 2.26. The van der Waals surface area contributed by atoms with Crippen LogP contribution in [0.4, 0.5) is 0 Å². The van der Waals surface area contributed by atoms with E-state index < -0.39 is 5.91 Å². The summed E-state index contributed by atoms with van der Waals surface area (Å²) in [5, 5.41) is 10.5. The van der Waals surface area contributed by atoms with Crippen molar-refractivity contribution < 1.29 is 9.90 Å². The summed E-state index contributed by atoms with van der Waals surface area (Å²) in [7, 11) is 0. The Morgan fingerprint density at radius 2 is 2.06 bits per heavy atom. The Morgan fingerprint density at radius 3 is 2.75 bits per heavy atom. The van der Waals surface area contributed by atoms with Gasteiger partial charge in [0.1, 0.15) is 0 Å². The molecule has 0 aliphatic carbocycles. The fourth-order valence-electron chi connectivity index (χ4n) is 1.46. The number of aromatic hydroxyl groups is 1. The van der Waals surface area contributed by atoms with Crippen LogP contribution >= 0.6 is 0 Å². The van der Waals surface area contributed by atoms with Gasteiger partial charge in [0.05, 0.1) is 5.52 Å². The first-order chi connectivity index (χ1) is 7.59. The molecule has 0 fully saturated rings. The molecule has 1 aromatic carbocycles. The number of hydrogen-bond donors (Lipinski definition) is 2. The molecule has 3 N–H and O–H groups in total. The third-order valence-corrected chi connectivity index (χ3v) is 2.33. The van der Waals surface area contributed by atoms with Gasteiger partial charge < -0.3 is 10.8 Å². The number of hydrogen-bond acceptors (Lipinski definition) is 3. The zero-order valence-corrected chi connectivity index (χ0v) is 8.47. The predicted octanol–water partition coefficient (Wildman–Crippen LogP) is 1.44. The maximum atomic E-state index is 11.0. The molecule has 0 aliphatic heterocycles. The van der Waals surface area contributed by atoms with Crippen LogP contribution in [0, 0.1) is 0 Å². The van der Waals surface area contributed by atoms with E-state index in [2.05, 4.69) is 11.6 Å². The van der Waals surface area contributed by atoms with Gasteiger partial charge in [0.2, 0.25) is 11.8 Å². The summed E-state index contributed by atoms with van der Waals surface area (Å²) >= 11 is 0. The second-order valence-corrected chi connectivity index (χ2v) is 3.40. The minimum atomic E-state index is -0.674. The van der Waals surface area contributed by atoms with Gasteiger partial charge in [0.15, 0.2) is 0 Å². The molecule has 0 bridgehead atoms. The van der Waals surface area contributed by atoms with E-state index in [1.165, 1.54) is 0 Å². The molecule has 1 heterocycles. The lowest BCUT2D eigenvalue weighted by Crippen LogP contribution is -2.12. The maximum Gasteiger partial charge on any atom is 0.248 e. The van der Waals surface area contributed by atoms with Gasteiger partial charge in [0.25, 0.3) is 0 Å². The van der Waals surface area contributed by atoms with Crippen LogP contribution in [0.5, 0.6) is 5.88 Å². The third kappa shape index (κ3) is 1.61. The number of rotatable bonds is 2. The van der Waals surface area contributed by atoms with Crippen molar-refractivity contribution >= 4 is 22.4 Å². The Labute approximate surface area is 92.0 Å². The number of amides is 1. The number of carbonyl (C=O) groups excluding carboxylic acids is 1. The Bertz CT molecular complexity index is 591. The smallest absolute Gasteiger partial charge is 0.248 e.